The van der Waals surface area contributed by atoms with Crippen LogP contribution in [0.25, 0.3) is 0 Å². The summed E-state index contributed by atoms with van der Waals surface area (Å²) >= 11 is 0. The Balaban J connectivity index is 2.27. The smallest absolute Gasteiger partial charge is 0.309 e. The van der Waals surface area contributed by atoms with Gasteiger partial charge in [-0.25, -0.2) is 0 Å². The Morgan fingerprint density at radius 1 is 1.50 bits per heavy atom. The first kappa shape index (κ1) is 11.6. The predicted molar refractivity (Wildman–Crippen MR) is 61.6 cm³/mol. The molecular weight excluding hydrogens is 236 g/mol. The number of hydrogen-bond donors (Lipinski definition) is 1. The van der Waals surface area contributed by atoms with Crippen LogP contribution in [0.2, 0.25) is 0 Å². The first-order valence-electron chi connectivity index (χ1n) is 5.03. The largest absolute Gasteiger partial charge is 0.374 e. The standard InChI is InChI=1S/C11H8N4O3/c12-6-8-2-1-3-10(11(8)15(16)17)13-7-9-4-5-18-14-9/h1-5,13H,7H2. The lowest BCUT2D eigenvalue weighted by atomic mass is 10.1. The van der Waals surface area contributed by atoms with E-state index in [0.717, 1.165) is 0 Å². The normalized spacial score (nSPS) is 9.72. The van der Waals surface area contributed by atoms with Crippen molar-refractivity contribution in [1.82, 2.24) is 5.16 Å². The quantitative estimate of drug-likeness (QED) is 0.651. The van der Waals surface area contributed by atoms with Crippen LogP contribution < -0.4 is 5.32 Å². The second-order valence-corrected chi connectivity index (χ2v) is 3.41. The maximum absolute atomic E-state index is 10.9. The molecule has 1 aromatic carbocycles. The van der Waals surface area contributed by atoms with Gasteiger partial charge in [-0.2, -0.15) is 5.26 Å². The molecule has 1 heterocycles. The number of nitro benzene ring substituents is 1. The van der Waals surface area contributed by atoms with E-state index in [1.807, 2.05) is 0 Å². The molecule has 0 atom stereocenters. The van der Waals surface area contributed by atoms with Crippen LogP contribution in [-0.2, 0) is 6.54 Å². The van der Waals surface area contributed by atoms with Gasteiger partial charge in [0.25, 0.3) is 0 Å². The van der Waals surface area contributed by atoms with E-state index in [9.17, 15) is 10.1 Å². The molecule has 0 aliphatic carbocycles. The van der Waals surface area contributed by atoms with E-state index in [2.05, 4.69) is 15.0 Å². The summed E-state index contributed by atoms with van der Waals surface area (Å²) in [5.74, 6) is 0. The summed E-state index contributed by atoms with van der Waals surface area (Å²) in [6.07, 6.45) is 1.41. The van der Waals surface area contributed by atoms with Crippen molar-refractivity contribution in [3.8, 4) is 6.07 Å². The van der Waals surface area contributed by atoms with Crippen LogP contribution in [0.5, 0.6) is 0 Å². The topological polar surface area (TPSA) is 105 Å². The zero-order valence-corrected chi connectivity index (χ0v) is 9.16. The average molecular weight is 244 g/mol. The second kappa shape index (κ2) is 4.97. The third-order valence-corrected chi connectivity index (χ3v) is 2.29. The van der Waals surface area contributed by atoms with Gasteiger partial charge in [0.05, 0.1) is 11.5 Å². The predicted octanol–water partition coefficient (Wildman–Crippen LogP) is 2.07. The van der Waals surface area contributed by atoms with E-state index in [1.165, 1.54) is 12.3 Å². The first-order chi connectivity index (χ1) is 8.72. The maximum atomic E-state index is 10.9. The number of nitro groups is 1. The monoisotopic (exact) mass is 244 g/mol. The summed E-state index contributed by atoms with van der Waals surface area (Å²) in [7, 11) is 0. The van der Waals surface area contributed by atoms with Crippen molar-refractivity contribution in [2.75, 3.05) is 5.32 Å². The Labute approximate surface area is 102 Å². The van der Waals surface area contributed by atoms with Crippen molar-refractivity contribution in [1.29, 1.82) is 5.26 Å². The lowest BCUT2D eigenvalue weighted by Gasteiger charge is -2.05. The van der Waals surface area contributed by atoms with Crippen LogP contribution in [0.15, 0.2) is 35.1 Å². The molecule has 0 unspecified atom stereocenters. The summed E-state index contributed by atoms with van der Waals surface area (Å²) < 4.78 is 4.65. The number of nitrogens with one attached hydrogen (secondary N) is 1. The van der Waals surface area contributed by atoms with Gasteiger partial charge in [0.15, 0.2) is 0 Å². The molecule has 0 amide bonds. The van der Waals surface area contributed by atoms with Gasteiger partial charge in [-0.1, -0.05) is 11.2 Å². The van der Waals surface area contributed by atoms with Crippen LogP contribution in [0.4, 0.5) is 11.4 Å². The van der Waals surface area contributed by atoms with Crippen LogP contribution in [0.1, 0.15) is 11.3 Å². The van der Waals surface area contributed by atoms with Crippen molar-refractivity contribution in [3.63, 3.8) is 0 Å². The fourth-order valence-corrected chi connectivity index (χ4v) is 1.49. The Kier molecular flexibility index (Phi) is 3.20. The fraction of sp³-hybridized carbons (Fsp3) is 0.0909. The van der Waals surface area contributed by atoms with Gasteiger partial charge in [-0.15, -0.1) is 0 Å². The molecule has 0 saturated carbocycles. The molecule has 0 bridgehead atoms. The van der Waals surface area contributed by atoms with Crippen LogP contribution >= 0.6 is 0 Å². The molecule has 0 radical (unpaired) electrons. The van der Waals surface area contributed by atoms with E-state index in [0.29, 0.717) is 5.69 Å². The molecular formula is C11H8N4O3. The molecule has 7 nitrogen and oxygen atoms in total. The number of para-hydroxylation sites is 1. The molecule has 2 aromatic rings. The fourth-order valence-electron chi connectivity index (χ4n) is 1.49. The Bertz CT molecular complexity index is 601. The molecule has 90 valence electrons. The first-order valence-corrected chi connectivity index (χ1v) is 5.03. The van der Waals surface area contributed by atoms with Gasteiger partial charge in [-0.3, -0.25) is 10.1 Å². The molecule has 2 rings (SSSR count). The number of nitriles is 1. The molecule has 7 heteroatoms. The molecule has 0 aliphatic heterocycles. The van der Waals surface area contributed by atoms with E-state index in [4.69, 9.17) is 5.26 Å². The minimum atomic E-state index is -0.580. The lowest BCUT2D eigenvalue weighted by Crippen LogP contribution is -2.04. The van der Waals surface area contributed by atoms with Crippen molar-refractivity contribution in [2.45, 2.75) is 6.54 Å². The highest BCUT2D eigenvalue weighted by molar-refractivity contribution is 5.68. The van der Waals surface area contributed by atoms with Gasteiger partial charge < -0.3 is 9.84 Å². The SMILES string of the molecule is N#Cc1cccc(NCc2ccon2)c1[N+](=O)[O-]. The van der Waals surface area contributed by atoms with Gasteiger partial charge in [0.2, 0.25) is 0 Å². The summed E-state index contributed by atoms with van der Waals surface area (Å²) in [5.41, 5.74) is 0.683. The van der Waals surface area contributed by atoms with Crippen molar-refractivity contribution < 1.29 is 9.45 Å². The van der Waals surface area contributed by atoms with Crippen molar-refractivity contribution in [3.05, 3.63) is 51.9 Å². The highest BCUT2D eigenvalue weighted by atomic mass is 16.6. The van der Waals surface area contributed by atoms with E-state index >= 15 is 0 Å². The van der Waals surface area contributed by atoms with Crippen LogP contribution in [0, 0.1) is 21.4 Å². The average Bonchev–Trinajstić information content (AvgIpc) is 2.88. The highest BCUT2D eigenvalue weighted by Crippen LogP contribution is 2.28. The zero-order valence-electron chi connectivity index (χ0n) is 9.16. The molecule has 0 spiro atoms. The third-order valence-electron chi connectivity index (χ3n) is 2.29. The molecule has 1 N–H and O–H groups in total. The minimum absolute atomic E-state index is 0.0187. The van der Waals surface area contributed by atoms with E-state index in [-0.39, 0.29) is 23.5 Å². The lowest BCUT2D eigenvalue weighted by molar-refractivity contribution is -0.384. The number of rotatable bonds is 4. The molecule has 0 saturated heterocycles. The van der Waals surface area contributed by atoms with Crippen molar-refractivity contribution >= 4 is 11.4 Å². The Morgan fingerprint density at radius 2 is 2.33 bits per heavy atom. The summed E-state index contributed by atoms with van der Waals surface area (Å²) in [4.78, 5) is 10.4. The Hall–Kier alpha value is -2.88. The number of benzene rings is 1. The number of hydrogen-bond acceptors (Lipinski definition) is 6. The van der Waals surface area contributed by atoms with Crippen molar-refractivity contribution in [2.24, 2.45) is 0 Å². The molecule has 0 fully saturated rings. The van der Waals surface area contributed by atoms with Gasteiger partial charge in [0.1, 0.15) is 29.3 Å². The number of nitrogens with zero attached hydrogens (tertiary/aromatic N) is 3. The summed E-state index contributed by atoms with van der Waals surface area (Å²) in [6.45, 7) is 0.284. The zero-order chi connectivity index (χ0) is 13.0. The van der Waals surface area contributed by atoms with E-state index in [1.54, 1.807) is 24.3 Å². The third kappa shape index (κ3) is 2.27. The molecule has 0 aliphatic rings. The second-order valence-electron chi connectivity index (χ2n) is 3.41. The van der Waals surface area contributed by atoms with E-state index < -0.39 is 4.92 Å². The van der Waals surface area contributed by atoms with Crippen LogP contribution in [-0.4, -0.2) is 10.1 Å². The molecule has 1 aromatic heterocycles. The Morgan fingerprint density at radius 3 is 2.94 bits per heavy atom. The minimum Gasteiger partial charge on any atom is -0.374 e. The summed E-state index contributed by atoms with van der Waals surface area (Å²) in [6, 6.07) is 7.96. The van der Waals surface area contributed by atoms with Crippen LogP contribution in [0.3, 0.4) is 0 Å². The highest BCUT2D eigenvalue weighted by Gasteiger charge is 2.19. The van der Waals surface area contributed by atoms with Gasteiger partial charge >= 0.3 is 5.69 Å². The number of anilines is 1. The maximum Gasteiger partial charge on any atom is 0.309 e. The number of aromatic nitrogens is 1. The summed E-state index contributed by atoms with van der Waals surface area (Å²) in [5, 5.41) is 26.3. The molecule has 18 heavy (non-hydrogen) atoms. The van der Waals surface area contributed by atoms with Gasteiger partial charge in [-0.05, 0) is 12.1 Å². The van der Waals surface area contributed by atoms with Gasteiger partial charge in [0, 0.05) is 6.07 Å².